The van der Waals surface area contributed by atoms with Crippen LogP contribution < -0.4 is 14.8 Å². The largest absolute Gasteiger partial charge is 0.633 e. The molecule has 0 aliphatic heterocycles. The Hall–Kier alpha value is -6.09. The lowest BCUT2D eigenvalue weighted by Gasteiger charge is -2.24. The van der Waals surface area contributed by atoms with Gasteiger partial charge >= 0.3 is 13.0 Å². The van der Waals surface area contributed by atoms with Gasteiger partial charge in [0.2, 0.25) is 11.6 Å². The number of halogens is 19. The van der Waals surface area contributed by atoms with Gasteiger partial charge in [-0.2, -0.15) is 17.6 Å². The second-order valence-electron chi connectivity index (χ2n) is 11.8. The van der Waals surface area contributed by atoms with Crippen LogP contribution in [0.15, 0.2) is 36.4 Å². The topological polar surface area (TPSA) is 18.5 Å². The number of hydrogen-bond acceptors (Lipinski definition) is 2. The first-order valence-corrected chi connectivity index (χ1v) is 15.0. The van der Waals surface area contributed by atoms with Gasteiger partial charge in [0.15, 0.2) is 92.9 Å². The lowest BCUT2D eigenvalue weighted by Crippen LogP contribution is -2.45. The Bertz CT molecular complexity index is 2760. The minimum atomic E-state index is -5.51. The van der Waals surface area contributed by atoms with Gasteiger partial charge in [-0.15, -0.1) is 0 Å². The Labute approximate surface area is 302 Å². The zero-order valence-electron chi connectivity index (χ0n) is 26.5. The predicted octanol–water partition coefficient (Wildman–Crippen LogP) is 10.8. The predicted molar refractivity (Wildman–Crippen MR) is 157 cm³/mol. The van der Waals surface area contributed by atoms with Gasteiger partial charge in [-0.3, -0.25) is 0 Å². The molecule has 6 aromatic carbocycles. The third-order valence-electron chi connectivity index (χ3n) is 8.67. The number of alkyl halides is 2. The fraction of sp³-hybridized carbons (Fsp3) is 0.0286. The molecule has 0 N–H and O–H groups in total. The highest BCUT2D eigenvalue weighted by atomic mass is 19.3. The molecular weight excluding hydrogens is 824 g/mol. The summed E-state index contributed by atoms with van der Waals surface area (Å²) in [5.41, 5.74) is -13.1. The van der Waals surface area contributed by atoms with E-state index in [1.807, 2.05) is 0 Å². The number of hydrogen-bond donors (Lipinski definition) is 0. The van der Waals surface area contributed by atoms with Crippen molar-refractivity contribution in [2.24, 2.45) is 0 Å². The first kappa shape index (κ1) is 39.2. The van der Waals surface area contributed by atoms with Crippen LogP contribution in [0.3, 0.4) is 0 Å². The molecule has 0 aromatic heterocycles. The molecule has 57 heavy (non-hydrogen) atoms. The zero-order chi connectivity index (χ0) is 41.9. The van der Waals surface area contributed by atoms with Crippen LogP contribution in [0.1, 0.15) is 11.1 Å². The maximum atomic E-state index is 16.0. The van der Waals surface area contributed by atoms with Crippen LogP contribution in [0.5, 0.6) is 11.5 Å². The smallest absolute Gasteiger partial charge is 0.519 e. The summed E-state index contributed by atoms with van der Waals surface area (Å²) < 4.78 is 294. The van der Waals surface area contributed by atoms with Crippen molar-refractivity contribution in [3.63, 3.8) is 0 Å². The van der Waals surface area contributed by atoms with Crippen molar-refractivity contribution >= 4 is 23.4 Å². The van der Waals surface area contributed by atoms with Gasteiger partial charge < -0.3 is 9.31 Å². The van der Waals surface area contributed by atoms with Gasteiger partial charge in [-0.05, 0) is 11.6 Å². The maximum Gasteiger partial charge on any atom is 0.633 e. The minimum absolute atomic E-state index is 0.0244. The van der Waals surface area contributed by atoms with E-state index < -0.39 is 173 Å². The van der Waals surface area contributed by atoms with E-state index in [1.165, 1.54) is 0 Å². The average Bonchev–Trinajstić information content (AvgIpc) is 3.42. The highest BCUT2D eigenvalue weighted by Crippen LogP contribution is 2.58. The molecule has 0 saturated heterocycles. The zero-order valence-corrected chi connectivity index (χ0v) is 26.5. The number of rotatable bonds is 6. The van der Waals surface area contributed by atoms with E-state index in [0.717, 1.165) is 12.1 Å². The molecule has 0 saturated carbocycles. The molecule has 0 unspecified atom stereocenters. The summed E-state index contributed by atoms with van der Waals surface area (Å²) in [6.07, 6.45) is 0. The average molecular weight is 830 g/mol. The highest BCUT2D eigenvalue weighted by molar-refractivity contribution is 6.64. The molecule has 0 spiro atoms. The minimum Gasteiger partial charge on any atom is -0.519 e. The Morgan fingerprint density at radius 2 is 0.860 bits per heavy atom. The summed E-state index contributed by atoms with van der Waals surface area (Å²) in [6.45, 7) is 0. The summed E-state index contributed by atoms with van der Waals surface area (Å²) in [5, 5.41) is -4.47. The standard InChI is InChI=1S/C35H6BF19O2/c37-7-5-9(18(39)11(38)6-7)8-3-1-2-4-10(8)36(56-33-15-14(22(43)29(50)31(33)52)21(42)26(47)27(48)23(15)44)57-34-17-13(20(41)28(49)32(34)53)12-16(35(17,54)55)24(45)30(51)25(46)19(12)40/h1-6H. The monoisotopic (exact) mass is 830 g/mol. The molecule has 6 aromatic rings. The van der Waals surface area contributed by atoms with E-state index in [1.54, 1.807) is 0 Å². The lowest BCUT2D eigenvalue weighted by molar-refractivity contribution is 0.0404. The SMILES string of the molecule is Fc1cc(F)c(F)c(-c2ccccc2B(Oc2c(F)c(F)c(F)c3c2C(F)(F)c2c(F)c(F)c(F)c(F)c2-3)Oc2c(F)c(F)c(F)c3c(F)c(F)c(F)c(F)c23)c1. The highest BCUT2D eigenvalue weighted by Gasteiger charge is 2.56. The molecule has 0 fully saturated rings. The van der Waals surface area contributed by atoms with Crippen LogP contribution >= 0.6 is 0 Å². The summed E-state index contributed by atoms with van der Waals surface area (Å²) in [7, 11) is -3.39. The van der Waals surface area contributed by atoms with Crippen LogP contribution in [0.2, 0.25) is 0 Å². The molecule has 0 atom stereocenters. The molecule has 0 heterocycles. The summed E-state index contributed by atoms with van der Waals surface area (Å²) in [6, 6.07) is 3.04. The first-order valence-electron chi connectivity index (χ1n) is 15.0. The van der Waals surface area contributed by atoms with E-state index in [0.29, 0.717) is 12.1 Å². The van der Waals surface area contributed by atoms with E-state index in [2.05, 4.69) is 0 Å². The van der Waals surface area contributed by atoms with Crippen LogP contribution in [-0.4, -0.2) is 7.12 Å². The van der Waals surface area contributed by atoms with Crippen molar-refractivity contribution in [3.8, 4) is 33.8 Å². The normalized spacial score (nSPS) is 13.0. The van der Waals surface area contributed by atoms with Gasteiger partial charge in [0.1, 0.15) is 5.82 Å². The van der Waals surface area contributed by atoms with Crippen molar-refractivity contribution in [2.75, 3.05) is 0 Å². The van der Waals surface area contributed by atoms with Gasteiger partial charge in [0.25, 0.3) is 0 Å². The first-order chi connectivity index (χ1) is 26.6. The molecule has 1 aliphatic carbocycles. The molecule has 22 heteroatoms. The molecule has 0 radical (unpaired) electrons. The molecule has 7 rings (SSSR count). The third-order valence-corrected chi connectivity index (χ3v) is 8.67. The summed E-state index contributed by atoms with van der Waals surface area (Å²) >= 11 is 0. The summed E-state index contributed by atoms with van der Waals surface area (Å²) in [5.74, 6) is -55.9. The maximum absolute atomic E-state index is 16.0. The van der Waals surface area contributed by atoms with Crippen molar-refractivity contribution in [1.82, 2.24) is 0 Å². The summed E-state index contributed by atoms with van der Waals surface area (Å²) in [4.78, 5) is 0. The van der Waals surface area contributed by atoms with Crippen molar-refractivity contribution in [3.05, 3.63) is 146 Å². The van der Waals surface area contributed by atoms with Crippen LogP contribution in [-0.2, 0) is 5.92 Å². The van der Waals surface area contributed by atoms with E-state index >= 15 is 35.1 Å². The van der Waals surface area contributed by atoms with Gasteiger partial charge in [0.05, 0.1) is 21.9 Å². The van der Waals surface area contributed by atoms with Gasteiger partial charge in [-0.1, -0.05) is 24.3 Å². The van der Waals surface area contributed by atoms with Crippen LogP contribution in [0.25, 0.3) is 33.0 Å². The van der Waals surface area contributed by atoms with Crippen molar-refractivity contribution < 1.29 is 92.7 Å². The van der Waals surface area contributed by atoms with Crippen LogP contribution in [0.4, 0.5) is 83.4 Å². The van der Waals surface area contributed by atoms with Crippen molar-refractivity contribution in [2.45, 2.75) is 5.92 Å². The quantitative estimate of drug-likeness (QED) is 0.0721. The van der Waals surface area contributed by atoms with E-state index in [9.17, 15) is 48.3 Å². The Kier molecular flexibility index (Phi) is 9.11. The fourth-order valence-electron chi connectivity index (χ4n) is 6.21. The molecule has 1 aliphatic rings. The third kappa shape index (κ3) is 5.46. The fourth-order valence-corrected chi connectivity index (χ4v) is 6.21. The molecule has 0 amide bonds. The lowest BCUT2D eigenvalue weighted by atomic mass is 9.73. The van der Waals surface area contributed by atoms with Gasteiger partial charge in [0, 0.05) is 28.2 Å². The Morgan fingerprint density at radius 3 is 1.47 bits per heavy atom. The molecular formula is C35H6BF19O2. The molecule has 0 bridgehead atoms. The molecule has 2 nitrogen and oxygen atoms in total. The Morgan fingerprint density at radius 1 is 0.404 bits per heavy atom. The number of fused-ring (bicyclic) bond motifs is 4. The Balaban J connectivity index is 1.58. The van der Waals surface area contributed by atoms with E-state index in [4.69, 9.17) is 9.31 Å². The van der Waals surface area contributed by atoms with E-state index in [-0.39, 0.29) is 12.1 Å². The second kappa shape index (κ2) is 13.3. The second-order valence-corrected chi connectivity index (χ2v) is 11.8. The van der Waals surface area contributed by atoms with Gasteiger partial charge in [-0.25, -0.2) is 65.9 Å². The van der Waals surface area contributed by atoms with Crippen molar-refractivity contribution in [1.29, 1.82) is 0 Å². The molecule has 294 valence electrons. The van der Waals surface area contributed by atoms with Crippen LogP contribution in [0, 0.1) is 98.9 Å². The number of benzene rings is 6.